The van der Waals surface area contributed by atoms with Crippen LogP contribution in [0.5, 0.6) is 0 Å². The summed E-state index contributed by atoms with van der Waals surface area (Å²) < 4.78 is 1.20. The molecule has 1 rings (SSSR count). The normalized spacial score (nSPS) is 13.3. The van der Waals surface area contributed by atoms with Crippen LogP contribution in [-0.2, 0) is 0 Å². The molecule has 0 nitrogen and oxygen atoms in total. The molecule has 1 unspecified atom stereocenters. The Hall–Kier alpha value is -0.0831. The third kappa shape index (κ3) is 5.85. The van der Waals surface area contributed by atoms with Crippen LogP contribution < -0.4 is 0 Å². The molecule has 1 atom stereocenters. The molecular formula is C20H35BrSi. The maximum absolute atomic E-state index is 3.58. The van der Waals surface area contributed by atoms with Crippen molar-refractivity contribution in [3.63, 3.8) is 0 Å². The summed E-state index contributed by atoms with van der Waals surface area (Å²) in [6.07, 6.45) is 8.34. The van der Waals surface area contributed by atoms with Gasteiger partial charge in [0.2, 0.25) is 0 Å². The molecular weight excluding hydrogens is 348 g/mol. The SMILES string of the molecule is CCCC[Si](CCCC)(CCCC)C(C)c1ccc(Br)cc1. The molecule has 0 saturated carbocycles. The third-order valence-corrected chi connectivity index (χ3v) is 12.1. The summed E-state index contributed by atoms with van der Waals surface area (Å²) in [5.41, 5.74) is 2.38. The average molecular weight is 383 g/mol. The highest BCUT2D eigenvalue weighted by Gasteiger charge is 2.37. The summed E-state index contributed by atoms with van der Waals surface area (Å²) in [6.45, 7) is 9.59. The van der Waals surface area contributed by atoms with Crippen molar-refractivity contribution in [2.45, 2.75) is 89.9 Å². The number of halogens is 1. The Bertz CT molecular complexity index is 377. The van der Waals surface area contributed by atoms with Gasteiger partial charge in [0.1, 0.15) is 0 Å². The first-order chi connectivity index (χ1) is 10.6. The first-order valence-electron chi connectivity index (χ1n) is 9.35. The third-order valence-electron chi connectivity index (χ3n) is 5.37. The van der Waals surface area contributed by atoms with E-state index in [-0.39, 0.29) is 0 Å². The van der Waals surface area contributed by atoms with Gasteiger partial charge in [-0.15, -0.1) is 0 Å². The summed E-state index contributed by atoms with van der Waals surface area (Å²) in [6, 6.07) is 13.8. The number of benzene rings is 1. The zero-order valence-electron chi connectivity index (χ0n) is 15.1. The van der Waals surface area contributed by atoms with Crippen molar-refractivity contribution in [2.24, 2.45) is 0 Å². The fourth-order valence-electron chi connectivity index (χ4n) is 3.72. The zero-order chi connectivity index (χ0) is 16.4. The van der Waals surface area contributed by atoms with Crippen molar-refractivity contribution < 1.29 is 0 Å². The van der Waals surface area contributed by atoms with Crippen molar-refractivity contribution in [2.75, 3.05) is 0 Å². The van der Waals surface area contributed by atoms with E-state index in [0.717, 1.165) is 5.54 Å². The number of hydrogen-bond donors (Lipinski definition) is 0. The highest BCUT2D eigenvalue weighted by molar-refractivity contribution is 9.10. The van der Waals surface area contributed by atoms with Crippen LogP contribution in [0.4, 0.5) is 0 Å². The van der Waals surface area contributed by atoms with Crippen LogP contribution in [0.25, 0.3) is 0 Å². The van der Waals surface area contributed by atoms with Crippen LogP contribution in [0.2, 0.25) is 18.1 Å². The topological polar surface area (TPSA) is 0 Å². The van der Waals surface area contributed by atoms with Crippen molar-refractivity contribution in [3.8, 4) is 0 Å². The quantitative estimate of drug-likeness (QED) is 0.340. The van der Waals surface area contributed by atoms with Gasteiger partial charge in [-0.3, -0.25) is 0 Å². The Morgan fingerprint density at radius 1 is 0.818 bits per heavy atom. The van der Waals surface area contributed by atoms with Crippen LogP contribution in [0.1, 0.15) is 77.3 Å². The summed E-state index contributed by atoms with van der Waals surface area (Å²) in [4.78, 5) is 0. The predicted molar refractivity (Wildman–Crippen MR) is 107 cm³/mol. The minimum absolute atomic E-state index is 0.797. The zero-order valence-corrected chi connectivity index (χ0v) is 17.7. The van der Waals surface area contributed by atoms with Crippen LogP contribution in [0, 0.1) is 0 Å². The van der Waals surface area contributed by atoms with Gasteiger partial charge >= 0.3 is 0 Å². The minimum Gasteiger partial charge on any atom is -0.0654 e. The minimum atomic E-state index is -1.24. The smallest absolute Gasteiger partial charge is 0.0609 e. The lowest BCUT2D eigenvalue weighted by atomic mass is 10.2. The first kappa shape index (κ1) is 20.0. The second-order valence-corrected chi connectivity index (χ2v) is 13.0. The van der Waals surface area contributed by atoms with E-state index in [1.807, 2.05) is 0 Å². The van der Waals surface area contributed by atoms with E-state index in [0.29, 0.717) is 0 Å². The molecule has 2 heteroatoms. The van der Waals surface area contributed by atoms with Crippen LogP contribution in [-0.4, -0.2) is 8.07 Å². The van der Waals surface area contributed by atoms with E-state index in [4.69, 9.17) is 0 Å². The van der Waals surface area contributed by atoms with Gasteiger partial charge in [-0.25, -0.2) is 0 Å². The Morgan fingerprint density at radius 2 is 1.23 bits per heavy atom. The second kappa shape index (κ2) is 10.6. The molecule has 0 aromatic heterocycles. The van der Waals surface area contributed by atoms with Gasteiger partial charge in [0.25, 0.3) is 0 Å². The lowest BCUT2D eigenvalue weighted by molar-refractivity contribution is 0.761. The Labute approximate surface area is 148 Å². The van der Waals surface area contributed by atoms with Gasteiger partial charge in [-0.1, -0.05) is 112 Å². The summed E-state index contributed by atoms with van der Waals surface area (Å²) >= 11 is 3.58. The predicted octanol–water partition coefficient (Wildman–Crippen LogP) is 7.94. The molecule has 0 spiro atoms. The van der Waals surface area contributed by atoms with E-state index in [2.05, 4.69) is 67.9 Å². The molecule has 0 heterocycles. The van der Waals surface area contributed by atoms with Crippen LogP contribution >= 0.6 is 15.9 Å². The highest BCUT2D eigenvalue weighted by Crippen LogP contribution is 2.40. The van der Waals surface area contributed by atoms with Crippen molar-refractivity contribution in [1.29, 1.82) is 0 Å². The summed E-state index contributed by atoms with van der Waals surface area (Å²) in [5, 5.41) is 0. The maximum atomic E-state index is 3.58. The fourth-order valence-corrected chi connectivity index (χ4v) is 10.1. The molecule has 0 radical (unpaired) electrons. The second-order valence-electron chi connectivity index (χ2n) is 6.95. The molecule has 1 aromatic rings. The molecule has 1 aromatic carbocycles. The summed E-state index contributed by atoms with van der Waals surface area (Å²) in [7, 11) is -1.24. The van der Waals surface area contributed by atoms with Crippen molar-refractivity contribution >= 4 is 24.0 Å². The van der Waals surface area contributed by atoms with Gasteiger partial charge < -0.3 is 0 Å². The maximum Gasteiger partial charge on any atom is 0.0609 e. The van der Waals surface area contributed by atoms with Gasteiger partial charge in [0.05, 0.1) is 8.07 Å². The molecule has 0 N–H and O–H groups in total. The van der Waals surface area contributed by atoms with E-state index < -0.39 is 8.07 Å². The van der Waals surface area contributed by atoms with E-state index in [1.165, 1.54) is 61.1 Å². The molecule has 0 fully saturated rings. The number of unbranched alkanes of at least 4 members (excludes halogenated alkanes) is 3. The molecule has 0 saturated heterocycles. The van der Waals surface area contributed by atoms with Gasteiger partial charge in [-0.05, 0) is 23.2 Å². The first-order valence-corrected chi connectivity index (χ1v) is 12.8. The molecule has 0 aliphatic rings. The lowest BCUT2D eigenvalue weighted by Gasteiger charge is -2.38. The van der Waals surface area contributed by atoms with Crippen LogP contribution in [0.15, 0.2) is 28.7 Å². The fraction of sp³-hybridized carbons (Fsp3) is 0.700. The molecule has 126 valence electrons. The Kier molecular flexibility index (Phi) is 9.66. The molecule has 0 bridgehead atoms. The lowest BCUT2D eigenvalue weighted by Crippen LogP contribution is -2.40. The Morgan fingerprint density at radius 3 is 1.59 bits per heavy atom. The highest BCUT2D eigenvalue weighted by atomic mass is 79.9. The number of hydrogen-bond acceptors (Lipinski definition) is 0. The van der Waals surface area contributed by atoms with Gasteiger partial charge in [-0.2, -0.15) is 0 Å². The summed E-state index contributed by atoms with van der Waals surface area (Å²) in [5.74, 6) is 0. The molecule has 0 amide bonds. The standard InChI is InChI=1S/C20H35BrSi/c1-5-8-15-22(16-9-6-2,17-10-7-3)18(4)19-11-13-20(21)14-12-19/h11-14,18H,5-10,15-17H2,1-4H3. The molecule has 0 aliphatic carbocycles. The number of rotatable bonds is 11. The van der Waals surface area contributed by atoms with E-state index in [9.17, 15) is 0 Å². The van der Waals surface area contributed by atoms with Gasteiger partial charge in [0.15, 0.2) is 0 Å². The largest absolute Gasteiger partial charge is 0.0654 e. The van der Waals surface area contributed by atoms with E-state index >= 15 is 0 Å². The monoisotopic (exact) mass is 382 g/mol. The van der Waals surface area contributed by atoms with E-state index in [1.54, 1.807) is 5.56 Å². The van der Waals surface area contributed by atoms with Crippen molar-refractivity contribution in [1.82, 2.24) is 0 Å². The molecule has 22 heavy (non-hydrogen) atoms. The average Bonchev–Trinajstić information content (AvgIpc) is 2.54. The van der Waals surface area contributed by atoms with Crippen LogP contribution in [0.3, 0.4) is 0 Å². The van der Waals surface area contributed by atoms with Crippen molar-refractivity contribution in [3.05, 3.63) is 34.3 Å². The van der Waals surface area contributed by atoms with Gasteiger partial charge in [0, 0.05) is 4.47 Å². The Balaban J connectivity index is 3.03. The molecule has 0 aliphatic heterocycles.